The summed E-state index contributed by atoms with van der Waals surface area (Å²) in [5, 5.41) is 8.26. The zero-order valence-electron chi connectivity index (χ0n) is 15.6. The lowest BCUT2D eigenvalue weighted by molar-refractivity contribution is -0.119. The van der Waals surface area contributed by atoms with E-state index in [9.17, 15) is 9.59 Å². The van der Waals surface area contributed by atoms with E-state index in [1.165, 1.54) is 4.90 Å². The molecule has 0 unspecified atom stereocenters. The van der Waals surface area contributed by atoms with Gasteiger partial charge in [-0.1, -0.05) is 34.8 Å². The molecule has 3 rings (SSSR count). The van der Waals surface area contributed by atoms with Crippen molar-refractivity contribution < 1.29 is 14.3 Å². The maximum absolute atomic E-state index is 12.9. The summed E-state index contributed by atoms with van der Waals surface area (Å²) in [5.74, 6) is 0.126. The molecule has 144 valence electrons. The summed E-state index contributed by atoms with van der Waals surface area (Å²) in [7, 11) is 1.60. The molecule has 1 heterocycles. The van der Waals surface area contributed by atoms with E-state index in [2.05, 4.69) is 14.9 Å². The summed E-state index contributed by atoms with van der Waals surface area (Å²) in [6.45, 7) is 2.14. The SMILES string of the molecule is COc1ccc(CNC(=O)CN(C(=O)c2csnn2)c2ccccc2C)cc1. The van der Waals surface area contributed by atoms with E-state index in [1.807, 2.05) is 55.5 Å². The highest BCUT2D eigenvalue weighted by Crippen LogP contribution is 2.21. The number of aryl methyl sites for hydroxylation is 1. The summed E-state index contributed by atoms with van der Waals surface area (Å²) in [4.78, 5) is 26.8. The summed E-state index contributed by atoms with van der Waals surface area (Å²) >= 11 is 1.09. The normalized spacial score (nSPS) is 10.4. The van der Waals surface area contributed by atoms with Crippen LogP contribution in [0.5, 0.6) is 5.75 Å². The molecule has 0 radical (unpaired) electrons. The first kappa shape index (κ1) is 19.5. The number of carbonyl (C=O) groups excluding carboxylic acids is 2. The molecule has 0 saturated heterocycles. The molecule has 0 aliphatic heterocycles. The van der Waals surface area contributed by atoms with Gasteiger partial charge in [-0.05, 0) is 47.8 Å². The molecule has 2 amide bonds. The topological polar surface area (TPSA) is 84.4 Å². The van der Waals surface area contributed by atoms with Crippen LogP contribution in [0.25, 0.3) is 0 Å². The van der Waals surface area contributed by atoms with Crippen molar-refractivity contribution in [3.63, 3.8) is 0 Å². The fourth-order valence-corrected chi connectivity index (χ4v) is 3.10. The molecule has 28 heavy (non-hydrogen) atoms. The van der Waals surface area contributed by atoms with Crippen molar-refractivity contribution in [1.82, 2.24) is 14.9 Å². The third-order valence-electron chi connectivity index (χ3n) is 4.18. The number of benzene rings is 2. The highest BCUT2D eigenvalue weighted by molar-refractivity contribution is 7.03. The van der Waals surface area contributed by atoms with Gasteiger partial charge < -0.3 is 10.1 Å². The number of ether oxygens (including phenoxy) is 1. The second-order valence-electron chi connectivity index (χ2n) is 6.09. The standard InChI is InChI=1S/C20H20N4O3S/c1-14-5-3-4-6-18(14)24(20(26)17-13-28-23-22-17)12-19(25)21-11-15-7-9-16(27-2)10-8-15/h3-10,13H,11-12H2,1-2H3,(H,21,25). The summed E-state index contributed by atoms with van der Waals surface area (Å²) in [5.41, 5.74) is 2.71. The molecule has 1 N–H and O–H groups in total. The van der Waals surface area contributed by atoms with Crippen LogP contribution < -0.4 is 15.0 Å². The van der Waals surface area contributed by atoms with Gasteiger partial charge in [0, 0.05) is 17.6 Å². The van der Waals surface area contributed by atoms with Crippen molar-refractivity contribution in [3.05, 3.63) is 70.7 Å². The Morgan fingerprint density at radius 1 is 1.14 bits per heavy atom. The Bertz CT molecular complexity index is 942. The Kier molecular flexibility index (Phi) is 6.33. The Labute approximate surface area is 167 Å². The second-order valence-corrected chi connectivity index (χ2v) is 6.70. The Morgan fingerprint density at radius 3 is 2.54 bits per heavy atom. The van der Waals surface area contributed by atoms with E-state index in [4.69, 9.17) is 4.74 Å². The third-order valence-corrected chi connectivity index (χ3v) is 4.69. The molecule has 0 aliphatic rings. The predicted molar refractivity (Wildman–Crippen MR) is 108 cm³/mol. The van der Waals surface area contributed by atoms with Gasteiger partial charge in [-0.25, -0.2) is 0 Å². The minimum Gasteiger partial charge on any atom is -0.497 e. The lowest BCUT2D eigenvalue weighted by atomic mass is 10.1. The maximum atomic E-state index is 12.9. The summed E-state index contributed by atoms with van der Waals surface area (Å²) < 4.78 is 8.87. The molecule has 0 fully saturated rings. The molecule has 1 aromatic heterocycles. The number of nitrogens with one attached hydrogen (secondary N) is 1. The van der Waals surface area contributed by atoms with Gasteiger partial charge in [-0.15, -0.1) is 5.10 Å². The van der Waals surface area contributed by atoms with Crippen molar-refractivity contribution in [1.29, 1.82) is 0 Å². The molecular weight excluding hydrogens is 376 g/mol. The number of rotatable bonds is 7. The van der Waals surface area contributed by atoms with Gasteiger partial charge in [-0.3, -0.25) is 14.5 Å². The van der Waals surface area contributed by atoms with Crippen molar-refractivity contribution in [2.24, 2.45) is 0 Å². The van der Waals surface area contributed by atoms with E-state index in [1.54, 1.807) is 12.5 Å². The zero-order valence-corrected chi connectivity index (χ0v) is 16.4. The molecule has 0 bridgehead atoms. The van der Waals surface area contributed by atoms with Crippen molar-refractivity contribution >= 4 is 29.0 Å². The van der Waals surface area contributed by atoms with Crippen LogP contribution >= 0.6 is 11.5 Å². The van der Waals surface area contributed by atoms with Crippen molar-refractivity contribution in [2.45, 2.75) is 13.5 Å². The molecular formula is C20H20N4O3S. The first-order valence-electron chi connectivity index (χ1n) is 8.62. The molecule has 8 heteroatoms. The molecule has 3 aromatic rings. The first-order valence-corrected chi connectivity index (χ1v) is 9.46. The zero-order chi connectivity index (χ0) is 19.9. The van der Waals surface area contributed by atoms with Crippen LogP contribution in [0.3, 0.4) is 0 Å². The van der Waals surface area contributed by atoms with Gasteiger partial charge in [0.2, 0.25) is 5.91 Å². The Morgan fingerprint density at radius 2 is 1.89 bits per heavy atom. The van der Waals surface area contributed by atoms with Gasteiger partial charge in [0.1, 0.15) is 12.3 Å². The summed E-state index contributed by atoms with van der Waals surface area (Å²) in [6, 6.07) is 14.8. The average molecular weight is 396 g/mol. The van der Waals surface area contributed by atoms with Crippen molar-refractivity contribution in [2.75, 3.05) is 18.6 Å². The largest absolute Gasteiger partial charge is 0.497 e. The van der Waals surface area contributed by atoms with E-state index >= 15 is 0 Å². The van der Waals surface area contributed by atoms with Gasteiger partial charge in [-0.2, -0.15) is 0 Å². The number of hydrogen-bond acceptors (Lipinski definition) is 6. The van der Waals surface area contributed by atoms with Gasteiger partial charge in [0.15, 0.2) is 5.69 Å². The smallest absolute Gasteiger partial charge is 0.280 e. The van der Waals surface area contributed by atoms with Crippen molar-refractivity contribution in [3.8, 4) is 5.75 Å². The number of carbonyl (C=O) groups is 2. The number of aromatic nitrogens is 2. The quantitative estimate of drug-likeness (QED) is 0.664. The fourth-order valence-electron chi connectivity index (χ4n) is 2.67. The maximum Gasteiger partial charge on any atom is 0.280 e. The summed E-state index contributed by atoms with van der Waals surface area (Å²) in [6.07, 6.45) is 0. The van der Waals surface area contributed by atoms with E-state index in [-0.39, 0.29) is 24.1 Å². The number of hydrogen-bond donors (Lipinski definition) is 1. The van der Waals surface area contributed by atoms with Crippen LogP contribution in [-0.4, -0.2) is 35.1 Å². The van der Waals surface area contributed by atoms with Crippen LogP contribution in [0.15, 0.2) is 53.9 Å². The third kappa shape index (κ3) is 4.72. The predicted octanol–water partition coefficient (Wildman–Crippen LogP) is 2.82. The molecule has 0 saturated carbocycles. The Balaban J connectivity index is 1.72. The monoisotopic (exact) mass is 396 g/mol. The molecule has 7 nitrogen and oxygen atoms in total. The lowest BCUT2D eigenvalue weighted by Crippen LogP contribution is -2.41. The minimum absolute atomic E-state index is 0.114. The van der Waals surface area contributed by atoms with Gasteiger partial charge in [0.05, 0.1) is 7.11 Å². The van der Waals surface area contributed by atoms with Crippen LogP contribution in [0.4, 0.5) is 5.69 Å². The minimum atomic E-state index is -0.359. The number of anilines is 1. The molecule has 0 aliphatic carbocycles. The van der Waals surface area contributed by atoms with E-state index in [0.717, 1.165) is 28.4 Å². The van der Waals surface area contributed by atoms with Crippen LogP contribution in [-0.2, 0) is 11.3 Å². The van der Waals surface area contributed by atoms with Crippen LogP contribution in [0.1, 0.15) is 21.6 Å². The van der Waals surface area contributed by atoms with Gasteiger partial charge in [0.25, 0.3) is 5.91 Å². The Hall–Kier alpha value is -3.26. The highest BCUT2D eigenvalue weighted by Gasteiger charge is 2.23. The average Bonchev–Trinajstić information content (AvgIpc) is 3.26. The fraction of sp³-hybridized carbons (Fsp3) is 0.200. The number of nitrogens with zero attached hydrogens (tertiary/aromatic N) is 3. The van der Waals surface area contributed by atoms with E-state index in [0.29, 0.717) is 12.2 Å². The highest BCUT2D eigenvalue weighted by atomic mass is 32.1. The van der Waals surface area contributed by atoms with Crippen LogP contribution in [0, 0.1) is 6.92 Å². The number of amides is 2. The number of methoxy groups -OCH3 is 1. The molecule has 0 spiro atoms. The second kappa shape index (κ2) is 9.09. The van der Waals surface area contributed by atoms with Gasteiger partial charge >= 0.3 is 0 Å². The lowest BCUT2D eigenvalue weighted by Gasteiger charge is -2.23. The number of para-hydroxylation sites is 1. The van der Waals surface area contributed by atoms with E-state index < -0.39 is 0 Å². The molecule has 0 atom stereocenters. The van der Waals surface area contributed by atoms with Crippen LogP contribution in [0.2, 0.25) is 0 Å². The first-order chi connectivity index (χ1) is 13.6. The molecule has 2 aromatic carbocycles.